The minimum absolute atomic E-state index is 0.0558. The van der Waals surface area contributed by atoms with Gasteiger partial charge in [-0.15, -0.1) is 0 Å². The van der Waals surface area contributed by atoms with Crippen LogP contribution in [0.2, 0.25) is 0 Å². The third-order valence-corrected chi connectivity index (χ3v) is 6.19. The fourth-order valence-electron chi connectivity index (χ4n) is 3.20. The van der Waals surface area contributed by atoms with E-state index in [2.05, 4.69) is 15.0 Å². The van der Waals surface area contributed by atoms with Crippen molar-refractivity contribution in [2.75, 3.05) is 11.9 Å². The quantitative estimate of drug-likeness (QED) is 0.627. The third kappa shape index (κ3) is 4.07. The zero-order chi connectivity index (χ0) is 21.3. The van der Waals surface area contributed by atoms with Gasteiger partial charge in [-0.05, 0) is 32.1 Å². The van der Waals surface area contributed by atoms with Crippen molar-refractivity contribution in [2.45, 2.75) is 37.8 Å². The van der Waals surface area contributed by atoms with E-state index in [0.717, 1.165) is 12.3 Å². The van der Waals surface area contributed by atoms with Crippen molar-refractivity contribution in [2.24, 2.45) is 0 Å². The molecular formula is C18H20F2N4O4S. The molecule has 1 unspecified atom stereocenters. The lowest BCUT2D eigenvalue weighted by Crippen LogP contribution is -2.35. The van der Waals surface area contributed by atoms with Crippen molar-refractivity contribution < 1.29 is 27.1 Å². The number of rotatable bonds is 7. The zero-order valence-corrected chi connectivity index (χ0v) is 16.5. The van der Waals surface area contributed by atoms with Crippen molar-refractivity contribution >= 4 is 27.7 Å². The number of allylic oxidation sites excluding steroid dienone is 1. The number of fused-ring (bicyclic) bond motifs is 1. The highest BCUT2D eigenvalue weighted by molar-refractivity contribution is 7.89. The number of hydrogen-bond acceptors (Lipinski definition) is 5. The molecule has 1 atom stereocenters. The van der Waals surface area contributed by atoms with E-state index < -0.39 is 34.1 Å². The molecule has 0 saturated carbocycles. The number of carbonyl (C=O) groups excluding carboxylic acids is 1. The molecule has 2 aromatic heterocycles. The second kappa shape index (κ2) is 8.01. The first-order valence-electron chi connectivity index (χ1n) is 8.74. The molecule has 11 heteroatoms. The fourth-order valence-corrected chi connectivity index (χ4v) is 4.87. The van der Waals surface area contributed by atoms with Gasteiger partial charge in [-0.1, -0.05) is 6.08 Å². The monoisotopic (exact) mass is 426 g/mol. The van der Waals surface area contributed by atoms with Crippen molar-refractivity contribution in [1.82, 2.24) is 14.3 Å². The number of alkyl halides is 2. The van der Waals surface area contributed by atoms with E-state index in [0.29, 0.717) is 12.2 Å². The van der Waals surface area contributed by atoms with Crippen LogP contribution in [0, 0.1) is 6.92 Å². The number of carbonyl (C=O) groups is 1. The lowest BCUT2D eigenvalue weighted by molar-refractivity contribution is 0.101. The average Bonchev–Trinajstić information content (AvgIpc) is 3.20. The lowest BCUT2D eigenvalue weighted by atomic mass is 10.2. The van der Waals surface area contributed by atoms with Crippen LogP contribution in [-0.4, -0.2) is 41.6 Å². The van der Waals surface area contributed by atoms with Gasteiger partial charge in [-0.25, -0.2) is 21.9 Å². The maximum absolute atomic E-state index is 12.9. The maximum Gasteiger partial charge on any atom is 0.280 e. The summed E-state index contributed by atoms with van der Waals surface area (Å²) >= 11 is 0. The molecule has 1 aliphatic rings. The van der Waals surface area contributed by atoms with E-state index in [4.69, 9.17) is 5.11 Å². The minimum atomic E-state index is -4.00. The first kappa shape index (κ1) is 21.1. The standard InChI is InChI=1S/C18H20F2N4O4S/c1-10(9-25)23-29(27,28)16-11(2)15(24-7-3-4-14(16)24)18(26)22-12-5-6-21-13(8-12)17(19)20/h3-6,8,10,17,23,25H,7,9H2,1-2H3,(H,21,22,26). The molecule has 0 radical (unpaired) electrons. The predicted molar refractivity (Wildman–Crippen MR) is 102 cm³/mol. The van der Waals surface area contributed by atoms with Gasteiger partial charge in [-0.3, -0.25) is 9.78 Å². The number of sulfonamides is 1. The van der Waals surface area contributed by atoms with E-state index in [9.17, 15) is 22.0 Å². The summed E-state index contributed by atoms with van der Waals surface area (Å²) in [5, 5.41) is 11.7. The maximum atomic E-state index is 12.9. The van der Waals surface area contributed by atoms with Gasteiger partial charge < -0.3 is 15.0 Å². The van der Waals surface area contributed by atoms with Crippen LogP contribution in [0.4, 0.5) is 14.5 Å². The van der Waals surface area contributed by atoms with Crippen molar-refractivity contribution in [3.63, 3.8) is 0 Å². The van der Waals surface area contributed by atoms with Crippen LogP contribution in [0.1, 0.15) is 40.8 Å². The van der Waals surface area contributed by atoms with E-state index >= 15 is 0 Å². The first-order chi connectivity index (χ1) is 13.7. The van der Waals surface area contributed by atoms with Crippen LogP contribution in [0.3, 0.4) is 0 Å². The highest BCUT2D eigenvalue weighted by Gasteiger charge is 2.32. The number of nitrogens with one attached hydrogen (secondary N) is 2. The summed E-state index contributed by atoms with van der Waals surface area (Å²) in [4.78, 5) is 16.4. The van der Waals surface area contributed by atoms with Gasteiger partial charge in [0.2, 0.25) is 10.0 Å². The Balaban J connectivity index is 1.99. The van der Waals surface area contributed by atoms with E-state index in [1.54, 1.807) is 12.2 Å². The Kier molecular flexibility index (Phi) is 5.82. The van der Waals surface area contributed by atoms with Gasteiger partial charge in [0.05, 0.1) is 12.3 Å². The second-order valence-corrected chi connectivity index (χ2v) is 8.28. The fraction of sp³-hybridized carbons (Fsp3) is 0.333. The topological polar surface area (TPSA) is 113 Å². The molecule has 3 heterocycles. The molecule has 0 bridgehead atoms. The predicted octanol–water partition coefficient (Wildman–Crippen LogP) is 2.07. The molecular weight excluding hydrogens is 406 g/mol. The van der Waals surface area contributed by atoms with Crippen LogP contribution in [0.5, 0.6) is 0 Å². The average molecular weight is 426 g/mol. The van der Waals surface area contributed by atoms with E-state index in [-0.39, 0.29) is 28.4 Å². The summed E-state index contributed by atoms with van der Waals surface area (Å²) < 4.78 is 55.2. The van der Waals surface area contributed by atoms with Gasteiger partial charge in [0.1, 0.15) is 16.3 Å². The highest BCUT2D eigenvalue weighted by atomic mass is 32.2. The van der Waals surface area contributed by atoms with Gasteiger partial charge in [0, 0.05) is 30.0 Å². The van der Waals surface area contributed by atoms with Crippen LogP contribution in [0.25, 0.3) is 6.08 Å². The first-order valence-corrected chi connectivity index (χ1v) is 10.2. The summed E-state index contributed by atoms with van der Waals surface area (Å²) in [6.07, 6.45) is 1.68. The smallest absolute Gasteiger partial charge is 0.280 e. The number of nitrogens with zero attached hydrogens (tertiary/aromatic N) is 2. The number of aliphatic hydroxyl groups is 1. The van der Waals surface area contributed by atoms with Gasteiger partial charge in [-0.2, -0.15) is 0 Å². The van der Waals surface area contributed by atoms with Crippen molar-refractivity contribution in [3.05, 3.63) is 47.1 Å². The van der Waals surface area contributed by atoms with E-state index in [1.165, 1.54) is 24.5 Å². The summed E-state index contributed by atoms with van der Waals surface area (Å²) in [6, 6.07) is 1.72. The Morgan fingerprint density at radius 2 is 2.14 bits per heavy atom. The van der Waals surface area contributed by atoms with Gasteiger partial charge >= 0.3 is 0 Å². The summed E-state index contributed by atoms with van der Waals surface area (Å²) in [6.45, 7) is 2.93. The number of aliphatic hydroxyl groups excluding tert-OH is 1. The SMILES string of the molecule is Cc1c(S(=O)(=O)NC(C)CO)c2n(c1C(=O)Nc1ccnc(C(F)F)c1)CC=C2. The normalized spacial score (nSPS) is 14.3. The highest BCUT2D eigenvalue weighted by Crippen LogP contribution is 2.32. The lowest BCUT2D eigenvalue weighted by Gasteiger charge is -2.12. The number of pyridine rings is 1. The third-order valence-electron chi connectivity index (χ3n) is 4.43. The van der Waals surface area contributed by atoms with Gasteiger partial charge in [0.15, 0.2) is 0 Å². The number of aromatic nitrogens is 2. The van der Waals surface area contributed by atoms with Crippen LogP contribution < -0.4 is 10.0 Å². The van der Waals surface area contributed by atoms with Crippen molar-refractivity contribution in [3.8, 4) is 0 Å². The molecule has 1 amide bonds. The molecule has 8 nitrogen and oxygen atoms in total. The molecule has 0 aromatic carbocycles. The van der Waals surface area contributed by atoms with Crippen molar-refractivity contribution in [1.29, 1.82) is 0 Å². The van der Waals surface area contributed by atoms with Crippen LogP contribution in [0.15, 0.2) is 29.3 Å². The Hall–Kier alpha value is -2.63. The molecule has 2 aromatic rings. The Morgan fingerprint density at radius 3 is 2.79 bits per heavy atom. The zero-order valence-electron chi connectivity index (χ0n) is 15.7. The second-order valence-electron chi connectivity index (χ2n) is 6.63. The number of halogens is 2. The molecule has 29 heavy (non-hydrogen) atoms. The van der Waals surface area contributed by atoms with Gasteiger partial charge in [0.25, 0.3) is 12.3 Å². The summed E-state index contributed by atoms with van der Waals surface area (Å²) in [5.41, 5.74) is 0.318. The van der Waals surface area contributed by atoms with Crippen LogP contribution >= 0.6 is 0 Å². The molecule has 0 fully saturated rings. The molecule has 0 aliphatic carbocycles. The Morgan fingerprint density at radius 1 is 1.41 bits per heavy atom. The van der Waals surface area contributed by atoms with Crippen LogP contribution in [-0.2, 0) is 16.6 Å². The number of hydrogen-bond donors (Lipinski definition) is 3. The molecule has 3 rings (SSSR count). The Bertz CT molecular complexity index is 1080. The van der Waals surface area contributed by atoms with E-state index in [1.807, 2.05) is 0 Å². The summed E-state index contributed by atoms with van der Waals surface area (Å²) in [5.74, 6) is -0.629. The largest absolute Gasteiger partial charge is 0.395 e. The molecule has 3 N–H and O–H groups in total. The minimum Gasteiger partial charge on any atom is -0.395 e. The Labute approximate surface area is 166 Å². The molecule has 1 aliphatic heterocycles. The molecule has 0 spiro atoms. The molecule has 156 valence electrons. The summed E-state index contributed by atoms with van der Waals surface area (Å²) in [7, 11) is -4.00. The number of amides is 1. The number of anilines is 1. The molecule has 0 saturated heterocycles.